The average molecular weight is 385 g/mol. The molecule has 2 aliphatic rings. The number of ether oxygens (including phenoxy) is 2. The molecule has 0 bridgehead atoms. The van der Waals surface area contributed by atoms with E-state index in [1.54, 1.807) is 0 Å². The number of carbonyl (C=O) groups excluding carboxylic acids is 1. The van der Waals surface area contributed by atoms with Crippen LogP contribution in [-0.4, -0.2) is 22.0 Å². The van der Waals surface area contributed by atoms with Gasteiger partial charge in [-0.1, -0.05) is 6.07 Å². The largest absolute Gasteiger partial charge is 0.454 e. The van der Waals surface area contributed by atoms with E-state index >= 15 is 0 Å². The number of aryl methyl sites for hydroxylation is 1. The number of alkyl halides is 2. The molecule has 0 radical (unpaired) electrons. The monoisotopic (exact) mass is 384 g/mol. The van der Waals surface area contributed by atoms with E-state index < -0.39 is 4.33 Å². The Hall–Kier alpha value is -1.50. The molecule has 0 saturated heterocycles. The van der Waals surface area contributed by atoms with Gasteiger partial charge in [0.15, 0.2) is 16.6 Å². The van der Waals surface area contributed by atoms with Crippen LogP contribution in [0.1, 0.15) is 22.6 Å². The molecular formula is C16H14Cl2N2O3S. The highest BCUT2D eigenvalue weighted by Crippen LogP contribution is 2.53. The maximum atomic E-state index is 12.1. The molecule has 4 rings (SSSR count). The molecule has 1 amide bonds. The van der Waals surface area contributed by atoms with E-state index in [9.17, 15) is 4.79 Å². The molecule has 1 saturated carbocycles. The van der Waals surface area contributed by atoms with Crippen LogP contribution in [0.2, 0.25) is 0 Å². The van der Waals surface area contributed by atoms with Gasteiger partial charge in [0.2, 0.25) is 12.7 Å². The molecule has 1 N–H and O–H groups in total. The number of fused-ring (bicyclic) bond motifs is 1. The molecule has 126 valence electrons. The second-order valence-electron chi connectivity index (χ2n) is 5.90. The zero-order valence-electron chi connectivity index (χ0n) is 12.8. The third-order valence-corrected chi connectivity index (χ3v) is 5.98. The molecule has 1 aromatic carbocycles. The Balaban J connectivity index is 1.46. The fourth-order valence-corrected chi connectivity index (χ4v) is 4.08. The molecule has 24 heavy (non-hydrogen) atoms. The maximum absolute atomic E-state index is 12.1. The second kappa shape index (κ2) is 5.79. The van der Waals surface area contributed by atoms with Crippen LogP contribution in [0.15, 0.2) is 18.2 Å². The van der Waals surface area contributed by atoms with Crippen molar-refractivity contribution in [2.45, 2.75) is 24.1 Å². The van der Waals surface area contributed by atoms with Gasteiger partial charge >= 0.3 is 0 Å². The van der Waals surface area contributed by atoms with Crippen molar-refractivity contribution < 1.29 is 14.3 Å². The van der Waals surface area contributed by atoms with Crippen LogP contribution >= 0.6 is 34.5 Å². The Morgan fingerprint density at radius 2 is 2.17 bits per heavy atom. The molecule has 1 aliphatic heterocycles. The fraction of sp³-hybridized carbons (Fsp3) is 0.375. The lowest BCUT2D eigenvalue weighted by Crippen LogP contribution is -2.16. The summed E-state index contributed by atoms with van der Waals surface area (Å²) in [5.41, 5.74) is 2.00. The number of anilines is 1. The summed E-state index contributed by atoms with van der Waals surface area (Å²) in [6.45, 7) is 2.19. The van der Waals surface area contributed by atoms with E-state index in [2.05, 4.69) is 10.3 Å². The molecule has 2 aromatic rings. The first kappa shape index (κ1) is 16.0. The molecule has 5 nitrogen and oxygen atoms in total. The highest BCUT2D eigenvalue weighted by atomic mass is 35.5. The minimum absolute atomic E-state index is 0.177. The van der Waals surface area contributed by atoms with Crippen molar-refractivity contribution >= 4 is 45.6 Å². The number of hydrogen-bond acceptors (Lipinski definition) is 5. The van der Waals surface area contributed by atoms with Crippen LogP contribution in [0, 0.1) is 12.8 Å². The van der Waals surface area contributed by atoms with Gasteiger partial charge in [-0.15, -0.1) is 34.5 Å². The topological polar surface area (TPSA) is 60.5 Å². The second-order valence-corrected chi connectivity index (χ2v) is 8.52. The zero-order valence-corrected chi connectivity index (χ0v) is 15.1. The Morgan fingerprint density at radius 3 is 2.92 bits per heavy atom. The Kier molecular flexibility index (Phi) is 3.86. The van der Waals surface area contributed by atoms with Crippen molar-refractivity contribution in [2.75, 3.05) is 12.1 Å². The quantitative estimate of drug-likeness (QED) is 0.811. The minimum Gasteiger partial charge on any atom is -0.454 e. The fourth-order valence-electron chi connectivity index (χ4n) is 2.57. The summed E-state index contributed by atoms with van der Waals surface area (Å²) in [6, 6.07) is 5.88. The number of aromatic nitrogens is 1. The predicted molar refractivity (Wildman–Crippen MR) is 93.4 cm³/mol. The molecule has 1 aromatic heterocycles. The Morgan fingerprint density at radius 1 is 1.42 bits per heavy atom. The number of halogens is 2. The SMILES string of the molecule is Cc1nc(NC(=O)[C@@H]2CC2(Cl)Cl)sc1Cc1ccc2c(c1)OCO2. The van der Waals surface area contributed by atoms with Gasteiger partial charge in [0.05, 0.1) is 11.6 Å². The summed E-state index contributed by atoms with van der Waals surface area (Å²) in [5, 5.41) is 3.38. The van der Waals surface area contributed by atoms with E-state index in [0.29, 0.717) is 18.0 Å². The smallest absolute Gasteiger partial charge is 0.232 e. The van der Waals surface area contributed by atoms with Crippen molar-refractivity contribution in [1.82, 2.24) is 4.98 Å². The van der Waals surface area contributed by atoms with Gasteiger partial charge in [0.25, 0.3) is 0 Å². The van der Waals surface area contributed by atoms with Gasteiger partial charge in [0, 0.05) is 11.3 Å². The van der Waals surface area contributed by atoms with Gasteiger partial charge < -0.3 is 14.8 Å². The van der Waals surface area contributed by atoms with Crippen LogP contribution in [0.25, 0.3) is 0 Å². The van der Waals surface area contributed by atoms with Crippen LogP contribution in [-0.2, 0) is 11.2 Å². The van der Waals surface area contributed by atoms with Gasteiger partial charge in [-0.3, -0.25) is 4.79 Å². The van der Waals surface area contributed by atoms with Crippen LogP contribution in [0.5, 0.6) is 11.5 Å². The van der Waals surface area contributed by atoms with Crippen molar-refractivity contribution in [2.24, 2.45) is 5.92 Å². The number of benzene rings is 1. The number of hydrogen-bond donors (Lipinski definition) is 1. The molecule has 0 spiro atoms. The van der Waals surface area contributed by atoms with Crippen LogP contribution in [0.3, 0.4) is 0 Å². The number of carbonyl (C=O) groups is 1. The van der Waals surface area contributed by atoms with Crippen molar-refractivity contribution in [3.8, 4) is 11.5 Å². The summed E-state index contributed by atoms with van der Waals surface area (Å²) in [4.78, 5) is 17.6. The average Bonchev–Trinajstić information content (AvgIpc) is 2.86. The highest BCUT2D eigenvalue weighted by molar-refractivity contribution is 7.15. The van der Waals surface area contributed by atoms with Gasteiger partial charge in [-0.25, -0.2) is 4.98 Å². The number of nitrogens with one attached hydrogen (secondary N) is 1. The van der Waals surface area contributed by atoms with E-state index in [-0.39, 0.29) is 18.6 Å². The first-order valence-electron chi connectivity index (χ1n) is 7.46. The van der Waals surface area contributed by atoms with E-state index in [0.717, 1.165) is 27.6 Å². The molecule has 0 unspecified atom stereocenters. The van der Waals surface area contributed by atoms with Crippen molar-refractivity contribution in [1.29, 1.82) is 0 Å². The summed E-state index contributed by atoms with van der Waals surface area (Å²) in [7, 11) is 0. The van der Waals surface area contributed by atoms with E-state index in [1.165, 1.54) is 11.3 Å². The van der Waals surface area contributed by atoms with E-state index in [4.69, 9.17) is 32.7 Å². The van der Waals surface area contributed by atoms with Crippen molar-refractivity contribution in [3.05, 3.63) is 34.3 Å². The first-order valence-corrected chi connectivity index (χ1v) is 9.03. The van der Waals surface area contributed by atoms with Gasteiger partial charge in [-0.2, -0.15) is 0 Å². The number of nitrogens with zero attached hydrogens (tertiary/aromatic N) is 1. The highest BCUT2D eigenvalue weighted by Gasteiger charge is 2.56. The predicted octanol–water partition coefficient (Wildman–Crippen LogP) is 3.90. The minimum atomic E-state index is -0.925. The normalized spacial score (nSPS) is 20.0. The number of rotatable bonds is 4. The number of thiazole rings is 1. The van der Waals surface area contributed by atoms with Gasteiger partial charge in [0.1, 0.15) is 4.33 Å². The molecule has 2 heterocycles. The summed E-state index contributed by atoms with van der Waals surface area (Å²) in [5.74, 6) is 0.992. The Labute approximate surface area is 152 Å². The van der Waals surface area contributed by atoms with Crippen LogP contribution in [0.4, 0.5) is 5.13 Å². The standard InChI is InChI=1S/C16H14Cl2N2O3S/c1-8-13(5-9-2-3-11-12(4-9)23-7-22-11)24-15(19-8)20-14(21)10-6-16(10,17)18/h2-4,10H,5-7H2,1H3,(H,19,20,21)/t10-/m0/s1. The molecule has 1 aliphatic carbocycles. The third kappa shape index (κ3) is 3.06. The Bertz CT molecular complexity index is 822. The van der Waals surface area contributed by atoms with Crippen molar-refractivity contribution in [3.63, 3.8) is 0 Å². The lowest BCUT2D eigenvalue weighted by Gasteiger charge is -2.02. The maximum Gasteiger partial charge on any atom is 0.232 e. The first-order chi connectivity index (χ1) is 11.4. The molecular weight excluding hydrogens is 371 g/mol. The summed E-state index contributed by atoms with van der Waals surface area (Å²) in [6.07, 6.45) is 1.20. The lowest BCUT2D eigenvalue weighted by molar-refractivity contribution is -0.117. The van der Waals surface area contributed by atoms with Crippen LogP contribution < -0.4 is 14.8 Å². The zero-order chi connectivity index (χ0) is 16.9. The molecule has 1 atom stereocenters. The summed E-state index contributed by atoms with van der Waals surface area (Å²) < 4.78 is 9.80. The molecule has 8 heteroatoms. The third-order valence-electron chi connectivity index (χ3n) is 4.07. The summed E-state index contributed by atoms with van der Waals surface area (Å²) >= 11 is 13.3. The number of amides is 1. The molecule has 1 fully saturated rings. The van der Waals surface area contributed by atoms with E-state index in [1.807, 2.05) is 25.1 Å². The van der Waals surface area contributed by atoms with Gasteiger partial charge in [-0.05, 0) is 31.0 Å². The lowest BCUT2D eigenvalue weighted by atomic mass is 10.1.